The second kappa shape index (κ2) is 8.67. The molecule has 1 aliphatic rings. The Labute approximate surface area is 157 Å². The number of nitrogens with zero attached hydrogens (tertiary/aromatic N) is 2. The molecule has 1 unspecified atom stereocenters. The maximum atomic E-state index is 12.7. The summed E-state index contributed by atoms with van der Waals surface area (Å²) >= 11 is 0. The van der Waals surface area contributed by atoms with Crippen LogP contribution in [0.4, 0.5) is 5.69 Å². The molecule has 1 heterocycles. The van der Waals surface area contributed by atoms with Crippen molar-refractivity contribution in [3.63, 3.8) is 0 Å². The molecule has 144 valence electrons. The van der Waals surface area contributed by atoms with Gasteiger partial charge in [-0.05, 0) is 64.6 Å². The Morgan fingerprint density at radius 3 is 2.27 bits per heavy atom. The number of benzene rings is 1. The molecular formula is C21H33N3O2. The molecule has 0 spiro atoms. The van der Waals surface area contributed by atoms with E-state index in [0.29, 0.717) is 5.92 Å². The number of carbonyl (C=O) groups is 2. The van der Waals surface area contributed by atoms with E-state index in [1.165, 1.54) is 5.56 Å². The van der Waals surface area contributed by atoms with E-state index in [4.69, 9.17) is 0 Å². The lowest BCUT2D eigenvalue weighted by Gasteiger charge is -2.34. The molecule has 1 N–H and O–H groups in total. The van der Waals surface area contributed by atoms with Crippen LogP contribution in [0.3, 0.4) is 0 Å². The van der Waals surface area contributed by atoms with Gasteiger partial charge in [-0.3, -0.25) is 14.5 Å². The number of amides is 2. The van der Waals surface area contributed by atoms with Crippen molar-refractivity contribution in [3.8, 4) is 0 Å². The molecule has 0 radical (unpaired) electrons. The minimum Gasteiger partial charge on any atom is -0.341 e. The van der Waals surface area contributed by atoms with E-state index in [9.17, 15) is 9.59 Å². The average molecular weight is 360 g/mol. The molecule has 1 saturated heterocycles. The van der Waals surface area contributed by atoms with Crippen LogP contribution in [0.1, 0.15) is 43.4 Å². The van der Waals surface area contributed by atoms with E-state index >= 15 is 0 Å². The lowest BCUT2D eigenvalue weighted by molar-refractivity contribution is -0.137. The summed E-state index contributed by atoms with van der Waals surface area (Å²) in [6.45, 7) is 12.0. The Bertz CT molecular complexity index is 640. The number of likely N-dealkylation sites (N-methyl/N-ethyl adjacent to an activating group) is 1. The zero-order valence-electron chi connectivity index (χ0n) is 17.1. The number of piperidine rings is 1. The zero-order chi connectivity index (χ0) is 19.4. The largest absolute Gasteiger partial charge is 0.341 e. The van der Waals surface area contributed by atoms with Crippen LogP contribution in [-0.2, 0) is 9.59 Å². The van der Waals surface area contributed by atoms with E-state index in [0.717, 1.165) is 42.7 Å². The minimum absolute atomic E-state index is 0.0885. The monoisotopic (exact) mass is 359 g/mol. The molecule has 0 aromatic heterocycles. The SMILES string of the molecule is Cc1cc(C)c(NC(=O)CN(C)C(C)C(=O)N2CCC(C)CC2)c(C)c1. The summed E-state index contributed by atoms with van der Waals surface area (Å²) in [6.07, 6.45) is 2.13. The molecule has 1 aromatic rings. The number of hydrogen-bond donors (Lipinski definition) is 1. The van der Waals surface area contributed by atoms with Gasteiger partial charge in [-0.25, -0.2) is 0 Å². The van der Waals surface area contributed by atoms with Gasteiger partial charge in [0.05, 0.1) is 12.6 Å². The van der Waals surface area contributed by atoms with E-state index in [1.54, 1.807) is 0 Å². The number of carbonyl (C=O) groups excluding carboxylic acids is 2. The Hall–Kier alpha value is -1.88. The molecule has 1 fully saturated rings. The molecule has 2 rings (SSSR count). The molecule has 0 aliphatic carbocycles. The standard InChI is InChI=1S/C21H33N3O2/c1-14-7-9-24(10-8-14)21(26)18(5)23(6)13-19(25)22-20-16(3)11-15(2)12-17(20)4/h11-12,14,18H,7-10,13H2,1-6H3,(H,22,25). The average Bonchev–Trinajstić information content (AvgIpc) is 2.57. The van der Waals surface area contributed by atoms with E-state index in [-0.39, 0.29) is 24.4 Å². The van der Waals surface area contributed by atoms with Gasteiger partial charge in [0, 0.05) is 18.8 Å². The highest BCUT2D eigenvalue weighted by atomic mass is 16.2. The minimum atomic E-state index is -0.297. The van der Waals surface area contributed by atoms with Crippen LogP contribution < -0.4 is 5.32 Å². The third kappa shape index (κ3) is 5.07. The maximum absolute atomic E-state index is 12.7. The Morgan fingerprint density at radius 2 is 1.73 bits per heavy atom. The van der Waals surface area contributed by atoms with Crippen molar-refractivity contribution in [2.45, 2.75) is 53.5 Å². The first-order chi connectivity index (χ1) is 12.2. The topological polar surface area (TPSA) is 52.7 Å². The Kier molecular flexibility index (Phi) is 6.81. The van der Waals surface area contributed by atoms with E-state index < -0.39 is 0 Å². The number of anilines is 1. The van der Waals surface area contributed by atoms with Crippen molar-refractivity contribution >= 4 is 17.5 Å². The summed E-state index contributed by atoms with van der Waals surface area (Å²) < 4.78 is 0. The van der Waals surface area contributed by atoms with Crippen LogP contribution >= 0.6 is 0 Å². The number of nitrogens with one attached hydrogen (secondary N) is 1. The molecule has 26 heavy (non-hydrogen) atoms. The van der Waals surface area contributed by atoms with Gasteiger partial charge < -0.3 is 10.2 Å². The Morgan fingerprint density at radius 1 is 1.19 bits per heavy atom. The summed E-state index contributed by atoms with van der Waals surface area (Å²) in [5.74, 6) is 0.725. The van der Waals surface area contributed by atoms with Crippen LogP contribution in [0.2, 0.25) is 0 Å². The number of hydrogen-bond acceptors (Lipinski definition) is 3. The first-order valence-electron chi connectivity index (χ1n) is 9.55. The maximum Gasteiger partial charge on any atom is 0.239 e. The molecular weight excluding hydrogens is 326 g/mol. The van der Waals surface area contributed by atoms with E-state index in [1.807, 2.05) is 44.5 Å². The highest BCUT2D eigenvalue weighted by Gasteiger charge is 2.27. The fourth-order valence-corrected chi connectivity index (χ4v) is 3.60. The van der Waals surface area contributed by atoms with Crippen molar-refractivity contribution < 1.29 is 9.59 Å². The molecule has 5 heteroatoms. The van der Waals surface area contributed by atoms with Gasteiger partial charge in [0.25, 0.3) is 0 Å². The fourth-order valence-electron chi connectivity index (χ4n) is 3.60. The van der Waals surface area contributed by atoms with Crippen LogP contribution in [-0.4, -0.2) is 54.3 Å². The van der Waals surface area contributed by atoms with Gasteiger partial charge in [-0.15, -0.1) is 0 Å². The summed E-state index contributed by atoms with van der Waals surface area (Å²) in [5, 5.41) is 3.01. The van der Waals surface area contributed by atoms with Crippen molar-refractivity contribution in [3.05, 3.63) is 28.8 Å². The predicted molar refractivity (Wildman–Crippen MR) is 106 cm³/mol. The van der Waals surface area contributed by atoms with Gasteiger partial charge in [-0.1, -0.05) is 24.6 Å². The molecule has 1 aliphatic heterocycles. The van der Waals surface area contributed by atoms with Crippen molar-refractivity contribution in [1.82, 2.24) is 9.80 Å². The highest BCUT2D eigenvalue weighted by molar-refractivity contribution is 5.94. The van der Waals surface area contributed by atoms with Gasteiger partial charge >= 0.3 is 0 Å². The van der Waals surface area contributed by atoms with Gasteiger partial charge in [0.2, 0.25) is 11.8 Å². The van der Waals surface area contributed by atoms with Crippen molar-refractivity contribution in [1.29, 1.82) is 0 Å². The van der Waals surface area contributed by atoms with Crippen LogP contribution in [0.25, 0.3) is 0 Å². The molecule has 2 amide bonds. The van der Waals surface area contributed by atoms with Crippen LogP contribution in [0.15, 0.2) is 12.1 Å². The Balaban J connectivity index is 1.93. The smallest absolute Gasteiger partial charge is 0.239 e. The van der Waals surface area contributed by atoms with Gasteiger partial charge in [-0.2, -0.15) is 0 Å². The first-order valence-corrected chi connectivity index (χ1v) is 9.55. The lowest BCUT2D eigenvalue weighted by Crippen LogP contribution is -2.49. The van der Waals surface area contributed by atoms with E-state index in [2.05, 4.69) is 24.4 Å². The van der Waals surface area contributed by atoms with Gasteiger partial charge in [0.15, 0.2) is 0 Å². The summed E-state index contributed by atoms with van der Waals surface area (Å²) in [4.78, 5) is 28.9. The fraction of sp³-hybridized carbons (Fsp3) is 0.619. The number of rotatable bonds is 5. The van der Waals surface area contributed by atoms with Crippen molar-refractivity contribution in [2.75, 3.05) is 32.0 Å². The quantitative estimate of drug-likeness (QED) is 0.879. The second-order valence-electron chi connectivity index (χ2n) is 7.92. The third-order valence-corrected chi connectivity index (χ3v) is 5.45. The van der Waals surface area contributed by atoms with Gasteiger partial charge in [0.1, 0.15) is 0 Å². The summed E-state index contributed by atoms with van der Waals surface area (Å²) in [5.41, 5.74) is 4.18. The van der Waals surface area contributed by atoms with Crippen LogP contribution in [0, 0.1) is 26.7 Å². The molecule has 1 aromatic carbocycles. The van der Waals surface area contributed by atoms with Crippen LogP contribution in [0.5, 0.6) is 0 Å². The predicted octanol–water partition coefficient (Wildman–Crippen LogP) is 3.13. The molecule has 1 atom stereocenters. The number of aryl methyl sites for hydroxylation is 3. The van der Waals surface area contributed by atoms with Crippen molar-refractivity contribution in [2.24, 2.45) is 5.92 Å². The zero-order valence-corrected chi connectivity index (χ0v) is 17.1. The molecule has 5 nitrogen and oxygen atoms in total. The second-order valence-corrected chi connectivity index (χ2v) is 7.92. The molecule has 0 bridgehead atoms. The normalized spacial score (nSPS) is 16.7. The first kappa shape index (κ1) is 20.4. The molecule has 0 saturated carbocycles. The number of likely N-dealkylation sites (tertiary alicyclic amines) is 1. The summed E-state index contributed by atoms with van der Waals surface area (Å²) in [6, 6.07) is 3.83. The highest BCUT2D eigenvalue weighted by Crippen LogP contribution is 2.22. The summed E-state index contributed by atoms with van der Waals surface area (Å²) in [7, 11) is 1.84. The lowest BCUT2D eigenvalue weighted by atomic mass is 9.99. The third-order valence-electron chi connectivity index (χ3n) is 5.45.